The summed E-state index contributed by atoms with van der Waals surface area (Å²) in [5.41, 5.74) is 2.32. The number of hydrogen-bond acceptors (Lipinski definition) is 3. The number of rotatable bonds is 3. The lowest BCUT2D eigenvalue weighted by Gasteiger charge is -2.24. The minimum Gasteiger partial charge on any atom is -0.444 e. The second-order valence-corrected chi connectivity index (χ2v) is 6.49. The minimum atomic E-state index is -0.451. The van der Waals surface area contributed by atoms with Gasteiger partial charge in [-0.25, -0.2) is 4.79 Å². The van der Waals surface area contributed by atoms with Crippen molar-refractivity contribution in [2.75, 3.05) is 6.54 Å². The van der Waals surface area contributed by atoms with Gasteiger partial charge in [0, 0.05) is 25.7 Å². The highest BCUT2D eigenvalue weighted by atomic mass is 16.6. The maximum atomic E-state index is 11.7. The first-order valence-corrected chi connectivity index (χ1v) is 7.12. The Kier molecular flexibility index (Phi) is 4.33. The number of ether oxygens (including phenoxy) is 1. The Morgan fingerprint density at radius 1 is 1.30 bits per heavy atom. The monoisotopic (exact) mass is 276 g/mol. The SMILES string of the molecule is CC(CN1Cc2ccccc2C1)NC(=O)OC(C)(C)C. The average molecular weight is 276 g/mol. The standard InChI is InChI=1S/C16H24N2O2/c1-12(17-15(19)20-16(2,3)4)9-18-10-13-7-5-6-8-14(13)11-18/h5-8,12H,9-11H2,1-4H3,(H,17,19). The van der Waals surface area contributed by atoms with E-state index in [1.165, 1.54) is 11.1 Å². The van der Waals surface area contributed by atoms with Gasteiger partial charge >= 0.3 is 6.09 Å². The number of carbonyl (C=O) groups is 1. The van der Waals surface area contributed by atoms with E-state index < -0.39 is 5.60 Å². The Hall–Kier alpha value is -1.55. The zero-order valence-electron chi connectivity index (χ0n) is 12.8. The molecule has 1 N–H and O–H groups in total. The maximum absolute atomic E-state index is 11.7. The molecule has 1 aromatic carbocycles. The van der Waals surface area contributed by atoms with Crippen molar-refractivity contribution in [3.8, 4) is 0 Å². The Bertz CT molecular complexity index is 455. The predicted octanol–water partition coefficient (Wildman–Crippen LogP) is 2.92. The molecule has 1 aliphatic rings. The number of alkyl carbamates (subject to hydrolysis) is 1. The molecule has 0 fully saturated rings. The van der Waals surface area contributed by atoms with Crippen LogP contribution in [0.4, 0.5) is 4.79 Å². The van der Waals surface area contributed by atoms with Crippen LogP contribution in [-0.2, 0) is 17.8 Å². The first-order valence-electron chi connectivity index (χ1n) is 7.12. The first kappa shape index (κ1) is 14.9. The third kappa shape index (κ3) is 4.23. The van der Waals surface area contributed by atoms with Gasteiger partial charge in [0.1, 0.15) is 5.60 Å². The summed E-state index contributed by atoms with van der Waals surface area (Å²) in [7, 11) is 0. The molecular weight excluding hydrogens is 252 g/mol. The van der Waals surface area contributed by atoms with E-state index in [2.05, 4.69) is 34.5 Å². The molecule has 4 nitrogen and oxygen atoms in total. The molecule has 0 spiro atoms. The lowest BCUT2D eigenvalue weighted by molar-refractivity contribution is 0.0497. The van der Waals surface area contributed by atoms with Crippen LogP contribution >= 0.6 is 0 Å². The van der Waals surface area contributed by atoms with Crippen LogP contribution in [0.1, 0.15) is 38.8 Å². The molecule has 0 aliphatic carbocycles. The first-order chi connectivity index (χ1) is 9.33. The van der Waals surface area contributed by atoms with Crippen LogP contribution in [0.3, 0.4) is 0 Å². The number of hydrogen-bond donors (Lipinski definition) is 1. The summed E-state index contributed by atoms with van der Waals surface area (Å²) >= 11 is 0. The van der Waals surface area contributed by atoms with Crippen molar-refractivity contribution in [1.82, 2.24) is 10.2 Å². The molecule has 1 unspecified atom stereocenters. The van der Waals surface area contributed by atoms with Gasteiger partial charge in [0.2, 0.25) is 0 Å². The zero-order valence-corrected chi connectivity index (χ0v) is 12.8. The number of nitrogens with zero attached hydrogens (tertiary/aromatic N) is 1. The summed E-state index contributed by atoms with van der Waals surface area (Å²) in [5, 5.41) is 2.89. The zero-order chi connectivity index (χ0) is 14.8. The summed E-state index contributed by atoms with van der Waals surface area (Å²) in [5.74, 6) is 0. The molecule has 2 rings (SSSR count). The molecule has 0 saturated heterocycles. The smallest absolute Gasteiger partial charge is 0.407 e. The van der Waals surface area contributed by atoms with Gasteiger partial charge < -0.3 is 10.1 Å². The Balaban J connectivity index is 1.79. The van der Waals surface area contributed by atoms with E-state index in [-0.39, 0.29) is 12.1 Å². The number of fused-ring (bicyclic) bond motifs is 1. The van der Waals surface area contributed by atoms with E-state index in [0.717, 1.165) is 19.6 Å². The van der Waals surface area contributed by atoms with E-state index in [1.807, 2.05) is 27.7 Å². The molecular formula is C16H24N2O2. The van der Waals surface area contributed by atoms with E-state index in [9.17, 15) is 4.79 Å². The van der Waals surface area contributed by atoms with Crippen molar-refractivity contribution in [1.29, 1.82) is 0 Å². The van der Waals surface area contributed by atoms with Gasteiger partial charge in [0.15, 0.2) is 0 Å². The van der Waals surface area contributed by atoms with Crippen LogP contribution in [0.25, 0.3) is 0 Å². The minimum absolute atomic E-state index is 0.0687. The van der Waals surface area contributed by atoms with Gasteiger partial charge in [-0.15, -0.1) is 0 Å². The van der Waals surface area contributed by atoms with Crippen LogP contribution in [0, 0.1) is 0 Å². The lowest BCUT2D eigenvalue weighted by atomic mass is 10.1. The Morgan fingerprint density at radius 3 is 2.35 bits per heavy atom. The van der Waals surface area contributed by atoms with Crippen LogP contribution < -0.4 is 5.32 Å². The van der Waals surface area contributed by atoms with Gasteiger partial charge in [-0.1, -0.05) is 24.3 Å². The van der Waals surface area contributed by atoms with Gasteiger partial charge in [-0.3, -0.25) is 4.90 Å². The molecule has 1 amide bonds. The van der Waals surface area contributed by atoms with Crippen molar-refractivity contribution in [3.63, 3.8) is 0 Å². The predicted molar refractivity (Wildman–Crippen MR) is 79.4 cm³/mol. The highest BCUT2D eigenvalue weighted by molar-refractivity contribution is 5.68. The number of amides is 1. The number of benzene rings is 1. The van der Waals surface area contributed by atoms with Gasteiger partial charge in [-0.05, 0) is 38.8 Å². The highest BCUT2D eigenvalue weighted by Crippen LogP contribution is 2.22. The summed E-state index contributed by atoms with van der Waals surface area (Å²) in [4.78, 5) is 14.0. The molecule has 0 bridgehead atoms. The highest BCUT2D eigenvalue weighted by Gasteiger charge is 2.22. The summed E-state index contributed by atoms with van der Waals surface area (Å²) < 4.78 is 5.27. The molecule has 110 valence electrons. The summed E-state index contributed by atoms with van der Waals surface area (Å²) in [6, 6.07) is 8.55. The number of carbonyl (C=O) groups excluding carboxylic acids is 1. The number of nitrogens with one attached hydrogen (secondary N) is 1. The van der Waals surface area contributed by atoms with Crippen LogP contribution in [0.2, 0.25) is 0 Å². The van der Waals surface area contributed by atoms with E-state index in [4.69, 9.17) is 4.74 Å². The normalized spacial score (nSPS) is 16.6. The third-order valence-electron chi connectivity index (χ3n) is 3.20. The molecule has 1 aromatic rings. The molecule has 20 heavy (non-hydrogen) atoms. The van der Waals surface area contributed by atoms with E-state index >= 15 is 0 Å². The van der Waals surface area contributed by atoms with Crippen LogP contribution in [0.15, 0.2) is 24.3 Å². The van der Waals surface area contributed by atoms with E-state index in [0.29, 0.717) is 0 Å². The van der Waals surface area contributed by atoms with Crippen molar-refractivity contribution in [2.45, 2.75) is 52.4 Å². The molecule has 4 heteroatoms. The molecule has 1 heterocycles. The molecule has 0 aromatic heterocycles. The fraction of sp³-hybridized carbons (Fsp3) is 0.562. The fourth-order valence-electron chi connectivity index (χ4n) is 2.47. The van der Waals surface area contributed by atoms with Crippen LogP contribution in [-0.4, -0.2) is 29.2 Å². The quantitative estimate of drug-likeness (QED) is 0.923. The van der Waals surface area contributed by atoms with Crippen LogP contribution in [0.5, 0.6) is 0 Å². The molecule has 0 radical (unpaired) electrons. The lowest BCUT2D eigenvalue weighted by Crippen LogP contribution is -2.42. The summed E-state index contributed by atoms with van der Waals surface area (Å²) in [6.45, 7) is 10.4. The van der Waals surface area contributed by atoms with Crippen molar-refractivity contribution < 1.29 is 9.53 Å². The van der Waals surface area contributed by atoms with Crippen molar-refractivity contribution in [2.24, 2.45) is 0 Å². The van der Waals surface area contributed by atoms with Gasteiger partial charge in [0.25, 0.3) is 0 Å². The average Bonchev–Trinajstić information content (AvgIpc) is 2.67. The van der Waals surface area contributed by atoms with E-state index in [1.54, 1.807) is 0 Å². The molecule has 0 saturated carbocycles. The van der Waals surface area contributed by atoms with Crippen molar-refractivity contribution in [3.05, 3.63) is 35.4 Å². The Labute approximate surface area is 121 Å². The topological polar surface area (TPSA) is 41.6 Å². The second kappa shape index (κ2) is 5.83. The molecule has 1 atom stereocenters. The second-order valence-electron chi connectivity index (χ2n) is 6.49. The van der Waals surface area contributed by atoms with Crippen molar-refractivity contribution >= 4 is 6.09 Å². The third-order valence-corrected chi connectivity index (χ3v) is 3.20. The van der Waals surface area contributed by atoms with Gasteiger partial charge in [-0.2, -0.15) is 0 Å². The summed E-state index contributed by atoms with van der Waals surface area (Å²) in [6.07, 6.45) is -0.346. The fourth-order valence-corrected chi connectivity index (χ4v) is 2.47. The Morgan fingerprint density at radius 2 is 1.85 bits per heavy atom. The van der Waals surface area contributed by atoms with Gasteiger partial charge in [0.05, 0.1) is 0 Å². The largest absolute Gasteiger partial charge is 0.444 e. The maximum Gasteiger partial charge on any atom is 0.407 e. The molecule has 1 aliphatic heterocycles.